The standard InChI is InChI=1S/C14H13NO3/c1-15-9-8-11(18-2)12(14(15)17)13(16)10-6-4-3-5-7-10/h3-9H,1-2H3. The Kier molecular flexibility index (Phi) is 3.28. The molecule has 4 heteroatoms. The number of pyridine rings is 1. The maximum absolute atomic E-state index is 12.3. The van der Waals surface area contributed by atoms with Crippen LogP contribution in [0.25, 0.3) is 0 Å². The van der Waals surface area contributed by atoms with Gasteiger partial charge in [-0.2, -0.15) is 0 Å². The van der Waals surface area contributed by atoms with E-state index in [0.29, 0.717) is 11.3 Å². The highest BCUT2D eigenvalue weighted by atomic mass is 16.5. The van der Waals surface area contributed by atoms with Gasteiger partial charge in [0.25, 0.3) is 5.56 Å². The van der Waals surface area contributed by atoms with Crippen LogP contribution in [0.1, 0.15) is 15.9 Å². The molecule has 0 saturated heterocycles. The van der Waals surface area contributed by atoms with Crippen molar-refractivity contribution in [3.8, 4) is 5.75 Å². The first-order chi connectivity index (χ1) is 8.65. The zero-order valence-electron chi connectivity index (χ0n) is 10.2. The van der Waals surface area contributed by atoms with Crippen LogP contribution in [0.3, 0.4) is 0 Å². The van der Waals surface area contributed by atoms with E-state index in [1.807, 2.05) is 6.07 Å². The number of carbonyl (C=O) groups is 1. The lowest BCUT2D eigenvalue weighted by molar-refractivity contribution is 0.103. The number of methoxy groups -OCH3 is 1. The first-order valence-corrected chi connectivity index (χ1v) is 5.48. The molecule has 0 radical (unpaired) electrons. The van der Waals surface area contributed by atoms with Gasteiger partial charge < -0.3 is 9.30 Å². The maximum atomic E-state index is 12.3. The Morgan fingerprint density at radius 1 is 1.17 bits per heavy atom. The minimum Gasteiger partial charge on any atom is -0.496 e. The zero-order chi connectivity index (χ0) is 13.1. The number of nitrogens with zero attached hydrogens (tertiary/aromatic N) is 1. The molecule has 92 valence electrons. The van der Waals surface area contributed by atoms with Crippen LogP contribution in [0.4, 0.5) is 0 Å². The molecule has 1 aromatic heterocycles. The molecule has 0 saturated carbocycles. The van der Waals surface area contributed by atoms with Gasteiger partial charge in [0.15, 0.2) is 0 Å². The second-order valence-electron chi connectivity index (χ2n) is 3.87. The molecule has 2 rings (SSSR count). The molecule has 0 amide bonds. The van der Waals surface area contributed by atoms with E-state index in [2.05, 4.69) is 0 Å². The number of ether oxygens (including phenoxy) is 1. The summed E-state index contributed by atoms with van der Waals surface area (Å²) in [7, 11) is 3.04. The normalized spacial score (nSPS) is 10.1. The Labute approximate surface area is 104 Å². The third kappa shape index (κ3) is 2.05. The molecule has 1 heterocycles. The predicted molar refractivity (Wildman–Crippen MR) is 68.1 cm³/mol. The summed E-state index contributed by atoms with van der Waals surface area (Å²) < 4.78 is 6.45. The van der Waals surface area contributed by atoms with E-state index in [9.17, 15) is 9.59 Å². The molecule has 0 bridgehead atoms. The molecule has 0 aliphatic rings. The van der Waals surface area contributed by atoms with Gasteiger partial charge >= 0.3 is 0 Å². The first-order valence-electron chi connectivity index (χ1n) is 5.48. The lowest BCUT2D eigenvalue weighted by Gasteiger charge is -2.08. The number of carbonyl (C=O) groups excluding carboxylic acids is 1. The number of aromatic nitrogens is 1. The third-order valence-electron chi connectivity index (χ3n) is 2.71. The summed E-state index contributed by atoms with van der Waals surface area (Å²) >= 11 is 0. The van der Waals surface area contributed by atoms with Crippen LogP contribution < -0.4 is 10.3 Å². The van der Waals surface area contributed by atoms with E-state index in [1.54, 1.807) is 43.6 Å². The van der Waals surface area contributed by atoms with Crippen molar-refractivity contribution in [2.75, 3.05) is 7.11 Å². The number of hydrogen-bond acceptors (Lipinski definition) is 3. The molecule has 0 fully saturated rings. The Balaban J connectivity index is 2.61. The SMILES string of the molecule is COc1ccn(C)c(=O)c1C(=O)c1ccccc1. The fourth-order valence-electron chi connectivity index (χ4n) is 1.73. The summed E-state index contributed by atoms with van der Waals surface area (Å²) in [6.45, 7) is 0. The van der Waals surface area contributed by atoms with Crippen LogP contribution in [0.2, 0.25) is 0 Å². The minimum atomic E-state index is -0.358. The molecule has 0 spiro atoms. The van der Waals surface area contributed by atoms with Crippen molar-refractivity contribution in [2.45, 2.75) is 0 Å². The zero-order valence-corrected chi connectivity index (χ0v) is 10.2. The number of benzene rings is 1. The molecule has 0 aliphatic heterocycles. The molecule has 0 aliphatic carbocycles. The monoisotopic (exact) mass is 243 g/mol. The van der Waals surface area contributed by atoms with Crippen molar-refractivity contribution in [3.63, 3.8) is 0 Å². The Hall–Kier alpha value is -2.36. The van der Waals surface area contributed by atoms with E-state index in [4.69, 9.17) is 4.74 Å². The van der Waals surface area contributed by atoms with Gasteiger partial charge in [0.05, 0.1) is 7.11 Å². The second-order valence-corrected chi connectivity index (χ2v) is 3.87. The summed E-state index contributed by atoms with van der Waals surface area (Å²) in [6.07, 6.45) is 1.57. The number of aryl methyl sites for hydroxylation is 1. The van der Waals surface area contributed by atoms with Crippen molar-refractivity contribution in [2.24, 2.45) is 7.05 Å². The smallest absolute Gasteiger partial charge is 0.265 e. The second kappa shape index (κ2) is 4.87. The lowest BCUT2D eigenvalue weighted by atomic mass is 10.0. The molecule has 0 N–H and O–H groups in total. The summed E-state index contributed by atoms with van der Waals surface area (Å²) in [6, 6.07) is 10.3. The van der Waals surface area contributed by atoms with Gasteiger partial charge in [-0.1, -0.05) is 30.3 Å². The van der Waals surface area contributed by atoms with Crippen LogP contribution in [0, 0.1) is 0 Å². The Morgan fingerprint density at radius 3 is 2.44 bits per heavy atom. The van der Waals surface area contributed by atoms with Gasteiger partial charge in [0.1, 0.15) is 11.3 Å². The fourth-order valence-corrected chi connectivity index (χ4v) is 1.73. The maximum Gasteiger partial charge on any atom is 0.265 e. The van der Waals surface area contributed by atoms with Gasteiger partial charge in [-0.25, -0.2) is 0 Å². The first kappa shape index (κ1) is 12.1. The van der Waals surface area contributed by atoms with Gasteiger partial charge in [-0.3, -0.25) is 9.59 Å². The van der Waals surface area contributed by atoms with Crippen LogP contribution in [-0.4, -0.2) is 17.5 Å². The summed E-state index contributed by atoms with van der Waals surface area (Å²) in [5, 5.41) is 0. The van der Waals surface area contributed by atoms with E-state index in [0.717, 1.165) is 0 Å². The van der Waals surface area contributed by atoms with E-state index < -0.39 is 0 Å². The molecule has 18 heavy (non-hydrogen) atoms. The van der Waals surface area contributed by atoms with Crippen molar-refractivity contribution >= 4 is 5.78 Å². The number of rotatable bonds is 3. The predicted octanol–water partition coefficient (Wildman–Crippen LogP) is 1.62. The van der Waals surface area contributed by atoms with Gasteiger partial charge in [-0.15, -0.1) is 0 Å². The highest BCUT2D eigenvalue weighted by molar-refractivity contribution is 6.10. The van der Waals surface area contributed by atoms with Crippen molar-refractivity contribution < 1.29 is 9.53 Å². The fraction of sp³-hybridized carbons (Fsp3) is 0.143. The quantitative estimate of drug-likeness (QED) is 0.770. The van der Waals surface area contributed by atoms with Crippen LogP contribution in [0.5, 0.6) is 5.75 Å². The van der Waals surface area contributed by atoms with Crippen molar-refractivity contribution in [3.05, 3.63) is 64.1 Å². The Morgan fingerprint density at radius 2 is 1.83 bits per heavy atom. The largest absolute Gasteiger partial charge is 0.496 e. The molecular weight excluding hydrogens is 230 g/mol. The van der Waals surface area contributed by atoms with Crippen molar-refractivity contribution in [1.29, 1.82) is 0 Å². The average Bonchev–Trinajstić information content (AvgIpc) is 2.42. The highest BCUT2D eigenvalue weighted by Gasteiger charge is 2.19. The molecule has 0 atom stereocenters. The highest BCUT2D eigenvalue weighted by Crippen LogP contribution is 2.17. The van der Waals surface area contributed by atoms with Crippen molar-refractivity contribution in [1.82, 2.24) is 4.57 Å². The third-order valence-corrected chi connectivity index (χ3v) is 2.71. The van der Waals surface area contributed by atoms with Crippen LogP contribution in [0.15, 0.2) is 47.4 Å². The van der Waals surface area contributed by atoms with E-state index in [1.165, 1.54) is 11.7 Å². The topological polar surface area (TPSA) is 48.3 Å². The van der Waals surface area contributed by atoms with Crippen LogP contribution in [-0.2, 0) is 7.05 Å². The molecule has 0 unspecified atom stereocenters. The van der Waals surface area contributed by atoms with E-state index >= 15 is 0 Å². The summed E-state index contributed by atoms with van der Waals surface area (Å²) in [5.41, 5.74) is 0.177. The van der Waals surface area contributed by atoms with Crippen LogP contribution >= 0.6 is 0 Å². The molecule has 2 aromatic rings. The summed E-state index contributed by atoms with van der Waals surface area (Å²) in [4.78, 5) is 24.3. The van der Waals surface area contributed by atoms with Gasteiger partial charge in [0.2, 0.25) is 5.78 Å². The van der Waals surface area contributed by atoms with Gasteiger partial charge in [-0.05, 0) is 6.07 Å². The number of hydrogen-bond donors (Lipinski definition) is 0. The molecule has 1 aromatic carbocycles. The molecular formula is C14H13NO3. The summed E-state index contributed by atoms with van der Waals surface area (Å²) in [5.74, 6) is -0.0272. The van der Waals surface area contributed by atoms with E-state index in [-0.39, 0.29) is 16.9 Å². The number of ketones is 1. The minimum absolute atomic E-state index is 0.0636. The lowest BCUT2D eigenvalue weighted by Crippen LogP contribution is -2.25. The molecule has 4 nitrogen and oxygen atoms in total. The Bertz CT molecular complexity index is 629. The average molecular weight is 243 g/mol. The van der Waals surface area contributed by atoms with Gasteiger partial charge in [0, 0.05) is 18.8 Å².